The molecule has 0 atom stereocenters. The van der Waals surface area contributed by atoms with Gasteiger partial charge in [0.15, 0.2) is 0 Å². The first-order valence-corrected chi connectivity index (χ1v) is 4.61. The molecule has 1 heteroatoms. The highest BCUT2D eigenvalue weighted by atomic mass is 16.1. The molecule has 11 heavy (non-hydrogen) atoms. The maximum Gasteiger partial charge on any atom is 0.120 e. The van der Waals surface area contributed by atoms with Crippen LogP contribution in [0.25, 0.3) is 0 Å². The van der Waals surface area contributed by atoms with Crippen LogP contribution in [-0.4, -0.2) is 5.94 Å². The van der Waals surface area contributed by atoms with Crippen LogP contribution in [-0.2, 0) is 4.79 Å². The molecular formula is C10H18O. The number of rotatable bonds is 7. The zero-order valence-electron chi connectivity index (χ0n) is 7.44. The van der Waals surface area contributed by atoms with Crippen LogP contribution in [0.1, 0.15) is 51.9 Å². The Kier molecular flexibility index (Phi) is 8.98. The summed E-state index contributed by atoms with van der Waals surface area (Å²) in [7, 11) is 0. The molecule has 0 aromatic heterocycles. The number of carbonyl (C=O) groups excluding carboxylic acids is 1. The van der Waals surface area contributed by atoms with Crippen molar-refractivity contribution in [3.05, 3.63) is 6.08 Å². The molecule has 0 aromatic rings. The Labute approximate surface area is 69.5 Å². The van der Waals surface area contributed by atoms with E-state index >= 15 is 0 Å². The van der Waals surface area contributed by atoms with E-state index in [4.69, 9.17) is 0 Å². The van der Waals surface area contributed by atoms with Crippen molar-refractivity contribution in [1.82, 2.24) is 0 Å². The number of hydrogen-bond acceptors (Lipinski definition) is 1. The highest BCUT2D eigenvalue weighted by molar-refractivity contribution is 5.44. The van der Waals surface area contributed by atoms with Crippen LogP contribution < -0.4 is 0 Å². The summed E-state index contributed by atoms with van der Waals surface area (Å²) in [6, 6.07) is 0. The molecule has 64 valence electrons. The van der Waals surface area contributed by atoms with Gasteiger partial charge in [-0.1, -0.05) is 39.0 Å². The van der Waals surface area contributed by atoms with Crippen LogP contribution in [0.5, 0.6) is 0 Å². The van der Waals surface area contributed by atoms with Gasteiger partial charge in [-0.25, -0.2) is 4.79 Å². The van der Waals surface area contributed by atoms with Crippen LogP contribution in [0, 0.1) is 0 Å². The Balaban J connectivity index is 2.84. The van der Waals surface area contributed by atoms with Crippen molar-refractivity contribution in [1.29, 1.82) is 0 Å². The van der Waals surface area contributed by atoms with Gasteiger partial charge in [-0.15, -0.1) is 0 Å². The minimum Gasteiger partial charge on any atom is -0.234 e. The minimum absolute atomic E-state index is 0.912. The third kappa shape index (κ3) is 9.45. The van der Waals surface area contributed by atoms with Gasteiger partial charge in [-0.3, -0.25) is 0 Å². The van der Waals surface area contributed by atoms with Crippen molar-refractivity contribution in [2.24, 2.45) is 0 Å². The summed E-state index contributed by atoms with van der Waals surface area (Å²) in [5, 5.41) is 0. The Bertz CT molecular complexity index is 112. The van der Waals surface area contributed by atoms with Gasteiger partial charge in [0.25, 0.3) is 0 Å². The summed E-state index contributed by atoms with van der Waals surface area (Å²) >= 11 is 0. The fourth-order valence-corrected chi connectivity index (χ4v) is 1.09. The Morgan fingerprint density at radius 1 is 1.09 bits per heavy atom. The molecule has 0 amide bonds. The highest BCUT2D eigenvalue weighted by Crippen LogP contribution is 2.06. The first-order valence-electron chi connectivity index (χ1n) is 4.61. The van der Waals surface area contributed by atoms with Gasteiger partial charge < -0.3 is 0 Å². The van der Waals surface area contributed by atoms with Crippen molar-refractivity contribution in [3.63, 3.8) is 0 Å². The highest BCUT2D eigenvalue weighted by Gasteiger charge is 1.87. The summed E-state index contributed by atoms with van der Waals surface area (Å²) in [5.74, 6) is 1.79. The quantitative estimate of drug-likeness (QED) is 0.406. The van der Waals surface area contributed by atoms with Crippen LogP contribution in [0.2, 0.25) is 0 Å². The number of unbranched alkanes of at least 4 members (excludes halogenated alkanes) is 6. The molecule has 0 N–H and O–H groups in total. The van der Waals surface area contributed by atoms with Crippen molar-refractivity contribution in [2.75, 3.05) is 0 Å². The average molecular weight is 154 g/mol. The maximum absolute atomic E-state index is 9.76. The lowest BCUT2D eigenvalue weighted by atomic mass is 10.1. The normalized spacial score (nSPS) is 9.18. The van der Waals surface area contributed by atoms with Gasteiger partial charge in [-0.05, 0) is 18.9 Å². The fraction of sp³-hybridized carbons (Fsp3) is 0.800. The van der Waals surface area contributed by atoms with E-state index in [2.05, 4.69) is 6.92 Å². The summed E-state index contributed by atoms with van der Waals surface area (Å²) in [6.45, 7) is 2.22. The molecule has 0 unspecified atom stereocenters. The first-order chi connectivity index (χ1) is 5.41. The lowest BCUT2D eigenvalue weighted by Crippen LogP contribution is -1.77. The average Bonchev–Trinajstić information content (AvgIpc) is 2.03. The summed E-state index contributed by atoms with van der Waals surface area (Å²) < 4.78 is 0. The van der Waals surface area contributed by atoms with Crippen LogP contribution in [0.3, 0.4) is 0 Å². The largest absolute Gasteiger partial charge is 0.234 e. The second kappa shape index (κ2) is 9.45. The molecule has 0 bridgehead atoms. The van der Waals surface area contributed by atoms with E-state index in [9.17, 15) is 4.79 Å². The lowest BCUT2D eigenvalue weighted by Gasteiger charge is -1.96. The van der Waals surface area contributed by atoms with Gasteiger partial charge in [0.05, 0.1) is 0 Å². The SMILES string of the molecule is CCCCCCCCC=C=O. The standard InChI is InChI=1S/C10H18O/c1-2-3-4-5-6-7-8-9-10-11/h9H,2-8H2,1H3. The molecule has 0 aromatic carbocycles. The molecular weight excluding hydrogens is 136 g/mol. The van der Waals surface area contributed by atoms with E-state index in [-0.39, 0.29) is 0 Å². The molecule has 0 heterocycles. The van der Waals surface area contributed by atoms with E-state index < -0.39 is 0 Å². The van der Waals surface area contributed by atoms with E-state index in [1.165, 1.54) is 32.1 Å². The Morgan fingerprint density at radius 2 is 1.73 bits per heavy atom. The van der Waals surface area contributed by atoms with Gasteiger partial charge >= 0.3 is 0 Å². The summed E-state index contributed by atoms with van der Waals surface area (Å²) in [6.07, 6.45) is 10.2. The molecule has 0 aliphatic carbocycles. The van der Waals surface area contributed by atoms with Gasteiger partial charge in [0.1, 0.15) is 5.94 Å². The molecule has 0 spiro atoms. The zero-order chi connectivity index (χ0) is 8.36. The molecule has 0 saturated carbocycles. The zero-order valence-corrected chi connectivity index (χ0v) is 7.44. The summed E-state index contributed by atoms with van der Waals surface area (Å²) in [5.41, 5.74) is 0. The van der Waals surface area contributed by atoms with Crippen LogP contribution in [0.15, 0.2) is 6.08 Å². The Morgan fingerprint density at radius 3 is 2.36 bits per heavy atom. The molecule has 0 rings (SSSR count). The van der Waals surface area contributed by atoms with Gasteiger partial charge in [0.2, 0.25) is 0 Å². The van der Waals surface area contributed by atoms with Crippen molar-refractivity contribution in [3.8, 4) is 0 Å². The monoisotopic (exact) mass is 154 g/mol. The van der Waals surface area contributed by atoms with Gasteiger partial charge in [-0.2, -0.15) is 0 Å². The predicted molar refractivity (Wildman–Crippen MR) is 48.3 cm³/mol. The van der Waals surface area contributed by atoms with Crippen molar-refractivity contribution in [2.45, 2.75) is 51.9 Å². The number of allylic oxidation sites excluding steroid dienone is 1. The van der Waals surface area contributed by atoms with Crippen LogP contribution in [0.4, 0.5) is 0 Å². The second-order valence-corrected chi connectivity index (χ2v) is 2.88. The van der Waals surface area contributed by atoms with Gasteiger partial charge in [0, 0.05) is 0 Å². The van der Waals surface area contributed by atoms with E-state index in [1.807, 2.05) is 0 Å². The molecule has 0 saturated heterocycles. The predicted octanol–water partition coefficient (Wildman–Crippen LogP) is 3.12. The van der Waals surface area contributed by atoms with E-state index in [0.29, 0.717) is 0 Å². The number of hydrogen-bond donors (Lipinski definition) is 0. The van der Waals surface area contributed by atoms with E-state index in [1.54, 1.807) is 12.0 Å². The summed E-state index contributed by atoms with van der Waals surface area (Å²) in [4.78, 5) is 9.76. The smallest absolute Gasteiger partial charge is 0.120 e. The molecule has 0 fully saturated rings. The lowest BCUT2D eigenvalue weighted by molar-refractivity contribution is 0.566. The molecule has 0 aliphatic rings. The molecule has 0 radical (unpaired) electrons. The van der Waals surface area contributed by atoms with Crippen molar-refractivity contribution >= 4 is 5.94 Å². The second-order valence-electron chi connectivity index (χ2n) is 2.88. The van der Waals surface area contributed by atoms with E-state index in [0.717, 1.165) is 12.8 Å². The van der Waals surface area contributed by atoms with Crippen molar-refractivity contribution < 1.29 is 4.79 Å². The topological polar surface area (TPSA) is 17.1 Å². The van der Waals surface area contributed by atoms with Crippen LogP contribution >= 0.6 is 0 Å². The maximum atomic E-state index is 9.76. The molecule has 1 nitrogen and oxygen atoms in total. The minimum atomic E-state index is 0.912. The third-order valence-electron chi connectivity index (χ3n) is 1.79. The fourth-order valence-electron chi connectivity index (χ4n) is 1.09. The first kappa shape index (κ1) is 10.4. The molecule has 0 aliphatic heterocycles. The third-order valence-corrected chi connectivity index (χ3v) is 1.79. The Hall–Kier alpha value is -0.550.